The van der Waals surface area contributed by atoms with E-state index in [1.165, 1.54) is 0 Å². The van der Waals surface area contributed by atoms with Gasteiger partial charge in [0.2, 0.25) is 0 Å². The minimum atomic E-state index is 0.543. The first-order chi connectivity index (χ1) is 7.40. The number of hydrogen-bond acceptors (Lipinski definition) is 4. The molecule has 0 fully saturated rings. The van der Waals surface area contributed by atoms with Gasteiger partial charge in [-0.3, -0.25) is 0 Å². The molecule has 0 amide bonds. The maximum atomic E-state index is 8.83. The van der Waals surface area contributed by atoms with Gasteiger partial charge in [-0.1, -0.05) is 0 Å². The van der Waals surface area contributed by atoms with E-state index in [1.54, 1.807) is 30.9 Å². The highest BCUT2D eigenvalue weighted by Gasteiger charge is 2.01. The predicted octanol–water partition coefficient (Wildman–Crippen LogP) is 2.16. The summed E-state index contributed by atoms with van der Waals surface area (Å²) in [5.41, 5.74) is 1.56. The van der Waals surface area contributed by atoms with E-state index in [4.69, 9.17) is 9.68 Å². The van der Waals surface area contributed by atoms with E-state index in [9.17, 15) is 0 Å². The Morgan fingerprint density at radius 1 is 1.47 bits per heavy atom. The molecular weight excluding hydrogens is 190 g/mol. The van der Waals surface area contributed by atoms with Crippen molar-refractivity contribution in [1.29, 1.82) is 5.26 Å². The van der Waals surface area contributed by atoms with E-state index in [0.717, 1.165) is 5.56 Å². The molecule has 0 atom stereocenters. The molecule has 0 unspecified atom stereocenters. The van der Waals surface area contributed by atoms with Crippen molar-refractivity contribution in [2.24, 2.45) is 0 Å². The zero-order valence-electron chi connectivity index (χ0n) is 7.97. The van der Waals surface area contributed by atoms with Gasteiger partial charge >= 0.3 is 0 Å². The van der Waals surface area contributed by atoms with Crippen LogP contribution in [0.4, 0.5) is 5.82 Å². The van der Waals surface area contributed by atoms with Crippen LogP contribution in [0.5, 0.6) is 0 Å². The summed E-state index contributed by atoms with van der Waals surface area (Å²) in [6.07, 6.45) is 4.92. The molecule has 0 spiro atoms. The van der Waals surface area contributed by atoms with Gasteiger partial charge < -0.3 is 9.73 Å². The standard InChI is InChI=1S/C11H9N3O/c12-6-10-2-1-4-13-11(10)14-7-9-3-5-15-8-9/h1-5,8H,7H2,(H,13,14). The van der Waals surface area contributed by atoms with Gasteiger partial charge in [-0.15, -0.1) is 0 Å². The molecule has 4 nitrogen and oxygen atoms in total. The van der Waals surface area contributed by atoms with Crippen LogP contribution in [0.2, 0.25) is 0 Å². The van der Waals surface area contributed by atoms with E-state index >= 15 is 0 Å². The van der Waals surface area contributed by atoms with Crippen LogP contribution in [0.1, 0.15) is 11.1 Å². The number of anilines is 1. The number of aromatic nitrogens is 1. The molecule has 0 saturated heterocycles. The van der Waals surface area contributed by atoms with Crippen LogP contribution in [0.25, 0.3) is 0 Å². The Hall–Kier alpha value is -2.28. The second kappa shape index (κ2) is 4.29. The van der Waals surface area contributed by atoms with Gasteiger partial charge in [-0.05, 0) is 18.2 Å². The Labute approximate surface area is 87.2 Å². The van der Waals surface area contributed by atoms with Crippen molar-refractivity contribution in [3.8, 4) is 6.07 Å². The Balaban J connectivity index is 2.08. The molecule has 0 aromatic carbocycles. The molecule has 4 heteroatoms. The summed E-state index contributed by atoms with van der Waals surface area (Å²) in [6.45, 7) is 0.599. The van der Waals surface area contributed by atoms with Crippen molar-refractivity contribution >= 4 is 5.82 Å². The summed E-state index contributed by atoms with van der Waals surface area (Å²) < 4.78 is 4.93. The maximum Gasteiger partial charge on any atom is 0.144 e. The van der Waals surface area contributed by atoms with E-state index in [-0.39, 0.29) is 0 Å². The van der Waals surface area contributed by atoms with Crippen molar-refractivity contribution in [2.75, 3.05) is 5.32 Å². The molecule has 0 saturated carbocycles. The van der Waals surface area contributed by atoms with Crippen LogP contribution in [0.3, 0.4) is 0 Å². The van der Waals surface area contributed by atoms with Crippen LogP contribution < -0.4 is 5.32 Å². The molecule has 2 aromatic heterocycles. The molecule has 1 N–H and O–H groups in total. The van der Waals surface area contributed by atoms with Crippen LogP contribution >= 0.6 is 0 Å². The maximum absolute atomic E-state index is 8.83. The molecule has 0 radical (unpaired) electrons. The van der Waals surface area contributed by atoms with Gasteiger partial charge in [0, 0.05) is 18.3 Å². The SMILES string of the molecule is N#Cc1cccnc1NCc1ccoc1. The van der Waals surface area contributed by atoms with Crippen LogP contribution in [0, 0.1) is 11.3 Å². The second-order valence-electron chi connectivity index (χ2n) is 3.00. The van der Waals surface area contributed by atoms with Crippen molar-refractivity contribution in [1.82, 2.24) is 4.98 Å². The number of nitrogens with one attached hydrogen (secondary N) is 1. The van der Waals surface area contributed by atoms with E-state index in [1.807, 2.05) is 6.07 Å². The number of furan rings is 1. The highest BCUT2D eigenvalue weighted by atomic mass is 16.3. The third-order valence-corrected chi connectivity index (χ3v) is 1.97. The third-order valence-electron chi connectivity index (χ3n) is 1.97. The van der Waals surface area contributed by atoms with Crippen molar-refractivity contribution in [3.05, 3.63) is 48.0 Å². The van der Waals surface area contributed by atoms with Gasteiger partial charge in [0.25, 0.3) is 0 Å². The topological polar surface area (TPSA) is 61.9 Å². The van der Waals surface area contributed by atoms with Gasteiger partial charge in [0.1, 0.15) is 11.9 Å². The molecule has 2 heterocycles. The lowest BCUT2D eigenvalue weighted by molar-refractivity contribution is 0.564. The lowest BCUT2D eigenvalue weighted by Gasteiger charge is -2.04. The zero-order valence-corrected chi connectivity index (χ0v) is 7.97. The minimum absolute atomic E-state index is 0.543. The summed E-state index contributed by atoms with van der Waals surface area (Å²) >= 11 is 0. The van der Waals surface area contributed by atoms with Crippen LogP contribution in [-0.4, -0.2) is 4.98 Å². The van der Waals surface area contributed by atoms with Crippen LogP contribution in [-0.2, 0) is 6.54 Å². The van der Waals surface area contributed by atoms with Gasteiger partial charge in [0.15, 0.2) is 0 Å². The molecule has 0 bridgehead atoms. The largest absolute Gasteiger partial charge is 0.472 e. The monoisotopic (exact) mass is 199 g/mol. The normalized spacial score (nSPS) is 9.53. The van der Waals surface area contributed by atoms with E-state index in [0.29, 0.717) is 17.9 Å². The summed E-state index contributed by atoms with van der Waals surface area (Å²) in [4.78, 5) is 4.08. The van der Waals surface area contributed by atoms with Crippen molar-refractivity contribution in [2.45, 2.75) is 6.54 Å². The molecule has 2 aromatic rings. The molecule has 15 heavy (non-hydrogen) atoms. The molecular formula is C11H9N3O. The lowest BCUT2D eigenvalue weighted by atomic mass is 10.2. The molecule has 2 rings (SSSR count). The van der Waals surface area contributed by atoms with Gasteiger partial charge in [-0.2, -0.15) is 5.26 Å². The first kappa shape index (κ1) is 9.28. The van der Waals surface area contributed by atoms with Crippen molar-refractivity contribution in [3.63, 3.8) is 0 Å². The number of nitrogens with zero attached hydrogens (tertiary/aromatic N) is 2. The first-order valence-corrected chi connectivity index (χ1v) is 4.50. The van der Waals surface area contributed by atoms with E-state index < -0.39 is 0 Å². The van der Waals surface area contributed by atoms with Crippen LogP contribution in [0.15, 0.2) is 41.3 Å². The van der Waals surface area contributed by atoms with Gasteiger partial charge in [0.05, 0.1) is 18.1 Å². The summed E-state index contributed by atoms with van der Waals surface area (Å²) in [6, 6.07) is 7.40. The summed E-state index contributed by atoms with van der Waals surface area (Å²) in [5.74, 6) is 0.598. The van der Waals surface area contributed by atoms with Crippen molar-refractivity contribution < 1.29 is 4.42 Å². The molecule has 74 valence electrons. The lowest BCUT2D eigenvalue weighted by Crippen LogP contribution is -2.02. The average molecular weight is 199 g/mol. The predicted molar refractivity (Wildman–Crippen MR) is 55.0 cm³/mol. The Bertz CT molecular complexity index is 471. The first-order valence-electron chi connectivity index (χ1n) is 4.50. The average Bonchev–Trinajstić information content (AvgIpc) is 2.79. The highest BCUT2D eigenvalue weighted by Crippen LogP contribution is 2.11. The number of pyridine rings is 1. The molecule has 0 aliphatic rings. The quantitative estimate of drug-likeness (QED) is 0.822. The smallest absolute Gasteiger partial charge is 0.144 e. The Morgan fingerprint density at radius 2 is 2.40 bits per heavy atom. The van der Waals surface area contributed by atoms with Gasteiger partial charge in [-0.25, -0.2) is 4.98 Å². The second-order valence-corrected chi connectivity index (χ2v) is 3.00. The number of hydrogen-bond donors (Lipinski definition) is 1. The third kappa shape index (κ3) is 2.15. The summed E-state index contributed by atoms with van der Waals surface area (Å²) in [7, 11) is 0. The molecule has 0 aliphatic heterocycles. The minimum Gasteiger partial charge on any atom is -0.472 e. The zero-order chi connectivity index (χ0) is 10.5. The Morgan fingerprint density at radius 3 is 3.13 bits per heavy atom. The Kier molecular flexibility index (Phi) is 2.65. The number of rotatable bonds is 3. The molecule has 0 aliphatic carbocycles. The fourth-order valence-corrected chi connectivity index (χ4v) is 1.22. The van der Waals surface area contributed by atoms with E-state index in [2.05, 4.69) is 16.4 Å². The highest BCUT2D eigenvalue weighted by molar-refractivity contribution is 5.51. The number of nitriles is 1. The summed E-state index contributed by atoms with van der Waals surface area (Å²) in [5, 5.41) is 11.9. The fraction of sp³-hybridized carbons (Fsp3) is 0.0909. The fourth-order valence-electron chi connectivity index (χ4n) is 1.22.